The van der Waals surface area contributed by atoms with Crippen molar-refractivity contribution in [2.45, 2.75) is 6.92 Å². The Kier molecular flexibility index (Phi) is 6.05. The molecule has 0 aromatic heterocycles. The molecule has 29 valence electrons. The van der Waals surface area contributed by atoms with Crippen molar-refractivity contribution in [2.24, 2.45) is 5.73 Å². The minimum Gasteiger partial charge on any atom is -0.370 e. The second-order valence-corrected chi connectivity index (χ2v) is 0.611. The van der Waals surface area contributed by atoms with Crippen molar-refractivity contribution in [1.29, 1.82) is 0 Å². The van der Waals surface area contributed by atoms with E-state index in [1.165, 1.54) is 6.92 Å². The minimum atomic E-state index is -0.333. The summed E-state index contributed by atoms with van der Waals surface area (Å²) in [7, 11) is 0. The molecule has 0 spiro atoms. The summed E-state index contributed by atoms with van der Waals surface area (Å²) in [5.41, 5.74) is 4.47. The molecule has 0 heterocycles. The van der Waals surface area contributed by atoms with Gasteiger partial charge in [-0.05, 0) is 0 Å². The van der Waals surface area contributed by atoms with Crippen LogP contribution in [-0.4, -0.2) is 5.91 Å². The van der Waals surface area contributed by atoms with Crippen LogP contribution in [-0.2, 0) is 4.79 Å². The van der Waals surface area contributed by atoms with Crippen LogP contribution in [0.4, 0.5) is 0 Å². The van der Waals surface area contributed by atoms with Crippen LogP contribution in [0, 0.1) is 0 Å². The van der Waals surface area contributed by atoms with Crippen molar-refractivity contribution >= 4 is 5.91 Å². The second-order valence-electron chi connectivity index (χ2n) is 0.611. The third kappa shape index (κ3) is 21.6. The number of amides is 1. The maximum atomic E-state index is 9.22. The topological polar surface area (TPSA) is 73.6 Å². The van der Waals surface area contributed by atoms with Crippen molar-refractivity contribution in [3.63, 3.8) is 0 Å². The zero-order valence-corrected chi connectivity index (χ0v) is 2.93. The molecule has 0 atom stereocenters. The van der Waals surface area contributed by atoms with Crippen LogP contribution in [0.1, 0.15) is 6.92 Å². The van der Waals surface area contributed by atoms with Crippen LogP contribution < -0.4 is 11.9 Å². The lowest BCUT2D eigenvalue weighted by Crippen LogP contribution is -2.01. The molecule has 0 aliphatic rings. The monoisotopic (exact) mass is 73.0 g/mol. The van der Waals surface area contributed by atoms with Crippen LogP contribution >= 0.6 is 0 Å². The lowest BCUT2D eigenvalue weighted by Gasteiger charge is -1.60. The predicted octanol–water partition coefficient (Wildman–Crippen LogP) is -0.989. The zero-order chi connectivity index (χ0) is 3.58. The fourth-order valence-electron chi connectivity index (χ4n) is 0. The molecule has 1 amide bonds. The molecule has 0 aromatic carbocycles. The summed E-state index contributed by atoms with van der Waals surface area (Å²) >= 11 is 0. The Bertz CT molecular complexity index is 30.6. The van der Waals surface area contributed by atoms with Crippen molar-refractivity contribution in [3.8, 4) is 0 Å². The second kappa shape index (κ2) is 3.43. The van der Waals surface area contributed by atoms with Gasteiger partial charge in [0, 0.05) is 13.1 Å². The normalized spacial score (nSPS) is 5.00. The number of rotatable bonds is 0. The molecule has 0 bridgehead atoms. The fourth-order valence-corrected chi connectivity index (χ4v) is 0. The molecule has 0 saturated carbocycles. The number of hydrogen-bond acceptors (Lipinski definition) is 1. The molecule has 0 unspecified atom stereocenters. The Balaban J connectivity index is 0. The van der Waals surface area contributed by atoms with E-state index in [0.29, 0.717) is 0 Å². The molecule has 3 radical (unpaired) electrons. The van der Waals surface area contributed by atoms with Crippen LogP contribution in [0.15, 0.2) is 0 Å². The van der Waals surface area contributed by atoms with Gasteiger partial charge in [0.05, 0.1) is 0 Å². The van der Waals surface area contributed by atoms with Gasteiger partial charge in [0.2, 0.25) is 5.91 Å². The molecule has 0 rings (SSSR count). The summed E-state index contributed by atoms with van der Waals surface area (Å²) in [6, 6.07) is 0. The summed E-state index contributed by atoms with van der Waals surface area (Å²) in [6.45, 7) is 1.31. The van der Waals surface area contributed by atoms with Gasteiger partial charge in [0.25, 0.3) is 0 Å². The average molecular weight is 73.1 g/mol. The number of nitrogens with two attached hydrogens (primary N) is 1. The van der Waals surface area contributed by atoms with Crippen molar-refractivity contribution < 1.29 is 4.79 Å². The highest BCUT2D eigenvalue weighted by molar-refractivity contribution is 5.70. The minimum absolute atomic E-state index is 0. The van der Waals surface area contributed by atoms with Crippen molar-refractivity contribution in [1.82, 2.24) is 6.15 Å². The molecule has 0 aliphatic carbocycles. The Labute approximate surface area is 30.7 Å². The number of primary amides is 1. The Morgan fingerprint density at radius 3 is 1.80 bits per heavy atom. The summed E-state index contributed by atoms with van der Waals surface area (Å²) in [4.78, 5) is 9.22. The quantitative estimate of drug-likeness (QED) is 0.393. The lowest BCUT2D eigenvalue weighted by molar-refractivity contribution is -0.115. The van der Waals surface area contributed by atoms with E-state index in [2.05, 4.69) is 5.73 Å². The van der Waals surface area contributed by atoms with Crippen LogP contribution in [0.5, 0.6) is 0 Å². The van der Waals surface area contributed by atoms with E-state index < -0.39 is 0 Å². The fraction of sp³-hybridized carbons (Fsp3) is 0.500. The summed E-state index contributed by atoms with van der Waals surface area (Å²) < 4.78 is 0. The van der Waals surface area contributed by atoms with E-state index in [4.69, 9.17) is 0 Å². The molecular weight excluding hydrogens is 68.0 g/mol. The smallest absolute Gasteiger partial charge is 0.214 e. The van der Waals surface area contributed by atoms with Crippen LogP contribution in [0.25, 0.3) is 0 Å². The standard InChI is InChI=1S/C2H5NO.N/c1-2(3)4;/h1H3,(H2,3,4);. The molecule has 0 aromatic rings. The highest BCUT2D eigenvalue weighted by Gasteiger charge is 1.61. The first-order valence-corrected chi connectivity index (χ1v) is 0.993. The highest BCUT2D eigenvalue weighted by atomic mass is 16.1. The maximum absolute atomic E-state index is 9.22. The van der Waals surface area contributed by atoms with E-state index >= 15 is 0 Å². The first-order chi connectivity index (χ1) is 1.73. The zero-order valence-electron chi connectivity index (χ0n) is 2.93. The van der Waals surface area contributed by atoms with Crippen LogP contribution in [0.2, 0.25) is 0 Å². The number of nitrogens with zero attached hydrogens (tertiary/aromatic N) is 1. The number of carbonyl (C=O) groups excluding carboxylic acids is 1. The predicted molar refractivity (Wildman–Crippen MR) is 17.0 cm³/mol. The van der Waals surface area contributed by atoms with E-state index in [-0.39, 0.29) is 12.1 Å². The maximum Gasteiger partial charge on any atom is 0.214 e. The molecule has 0 aliphatic heterocycles. The third-order valence-corrected chi connectivity index (χ3v) is 0. The van der Waals surface area contributed by atoms with E-state index in [0.717, 1.165) is 0 Å². The summed E-state index contributed by atoms with van der Waals surface area (Å²) in [5.74, 6) is -0.333. The van der Waals surface area contributed by atoms with Gasteiger partial charge in [-0.2, -0.15) is 0 Å². The van der Waals surface area contributed by atoms with Crippen molar-refractivity contribution in [2.75, 3.05) is 0 Å². The Hall–Kier alpha value is -0.570. The van der Waals surface area contributed by atoms with E-state index in [1.807, 2.05) is 0 Å². The molecule has 3 heteroatoms. The molecule has 0 saturated heterocycles. The molecular formula is C2H5N2O. The van der Waals surface area contributed by atoms with E-state index in [1.54, 1.807) is 0 Å². The van der Waals surface area contributed by atoms with Gasteiger partial charge in [-0.15, -0.1) is 0 Å². The highest BCUT2D eigenvalue weighted by Crippen LogP contribution is 1.33. The van der Waals surface area contributed by atoms with Gasteiger partial charge in [-0.1, -0.05) is 0 Å². The molecule has 0 fully saturated rings. The SMILES string of the molecule is CC(N)=O.[N]. The molecule has 5 heavy (non-hydrogen) atoms. The lowest BCUT2D eigenvalue weighted by atomic mass is 10.8. The number of carbonyl (C=O) groups is 1. The van der Waals surface area contributed by atoms with E-state index in [9.17, 15) is 4.79 Å². The van der Waals surface area contributed by atoms with Gasteiger partial charge in [-0.25, -0.2) is 0 Å². The molecule has 3 nitrogen and oxygen atoms in total. The van der Waals surface area contributed by atoms with Gasteiger partial charge in [0.15, 0.2) is 0 Å². The van der Waals surface area contributed by atoms with Gasteiger partial charge >= 0.3 is 0 Å². The Morgan fingerprint density at radius 2 is 1.80 bits per heavy atom. The number of hydrogen-bond donors (Lipinski definition) is 1. The summed E-state index contributed by atoms with van der Waals surface area (Å²) in [5, 5.41) is 0. The third-order valence-electron chi connectivity index (χ3n) is 0. The van der Waals surface area contributed by atoms with Crippen LogP contribution in [0.3, 0.4) is 0 Å². The van der Waals surface area contributed by atoms with Gasteiger partial charge in [0.1, 0.15) is 0 Å². The average Bonchev–Trinajstić information content (AvgIpc) is 0.811. The first-order valence-electron chi connectivity index (χ1n) is 0.993. The Morgan fingerprint density at radius 1 is 1.80 bits per heavy atom. The molecule has 2 N–H and O–H groups in total. The first kappa shape index (κ1) is 8.83. The van der Waals surface area contributed by atoms with Crippen molar-refractivity contribution in [3.05, 3.63) is 0 Å². The van der Waals surface area contributed by atoms with Gasteiger partial charge < -0.3 is 5.73 Å². The largest absolute Gasteiger partial charge is 0.370 e. The van der Waals surface area contributed by atoms with Gasteiger partial charge in [-0.3, -0.25) is 4.79 Å². The summed E-state index contributed by atoms with van der Waals surface area (Å²) in [6.07, 6.45) is 0.